The second-order valence-electron chi connectivity index (χ2n) is 8.51. The van der Waals surface area contributed by atoms with Crippen LogP contribution in [0.4, 0.5) is 0 Å². The number of rotatable bonds is 6. The van der Waals surface area contributed by atoms with Crippen LogP contribution < -0.4 is 10.6 Å². The van der Waals surface area contributed by atoms with Crippen LogP contribution in [0.5, 0.6) is 0 Å². The van der Waals surface area contributed by atoms with Gasteiger partial charge in [0.1, 0.15) is 0 Å². The van der Waals surface area contributed by atoms with Gasteiger partial charge in [-0.3, -0.25) is 9.78 Å². The summed E-state index contributed by atoms with van der Waals surface area (Å²) >= 11 is 0. The van der Waals surface area contributed by atoms with Crippen LogP contribution in [0.15, 0.2) is 36.5 Å². The number of aromatic nitrogens is 1. The van der Waals surface area contributed by atoms with Crippen LogP contribution in [0.2, 0.25) is 0 Å². The standard InChI is InChI=1S/C23H24N4O/c1-14-2-5-19(18(10-24)11-25-13-23-7-15(8-23)9-23)21(27-14)16-3-4-17-12-26-22(28)20(17)6-16/h2-6,10-11,15,24-25H,7-9,12-13H2,1H3,(H,26,28)/b18-11+,24-10?. The summed E-state index contributed by atoms with van der Waals surface area (Å²) in [4.78, 5) is 16.8. The molecule has 2 heterocycles. The summed E-state index contributed by atoms with van der Waals surface area (Å²) in [6, 6.07) is 9.91. The highest BCUT2D eigenvalue weighted by Crippen LogP contribution is 2.63. The fourth-order valence-corrected chi connectivity index (χ4v) is 4.82. The van der Waals surface area contributed by atoms with Crippen molar-refractivity contribution in [1.29, 1.82) is 5.41 Å². The molecule has 3 N–H and O–H groups in total. The van der Waals surface area contributed by atoms with Crippen LogP contribution in [0.3, 0.4) is 0 Å². The Labute approximate surface area is 164 Å². The largest absolute Gasteiger partial charge is 0.390 e. The first-order valence-electron chi connectivity index (χ1n) is 9.90. The fraction of sp³-hybridized carbons (Fsp3) is 0.348. The zero-order valence-corrected chi connectivity index (χ0v) is 16.0. The van der Waals surface area contributed by atoms with E-state index in [0.29, 0.717) is 17.5 Å². The number of fused-ring (bicyclic) bond motifs is 1. The molecule has 0 radical (unpaired) electrons. The van der Waals surface area contributed by atoms with Crippen molar-refractivity contribution in [3.05, 3.63) is 58.9 Å². The molecule has 1 amide bonds. The van der Waals surface area contributed by atoms with Gasteiger partial charge in [0, 0.05) is 53.5 Å². The van der Waals surface area contributed by atoms with Gasteiger partial charge in [-0.25, -0.2) is 0 Å². The average molecular weight is 372 g/mol. The highest BCUT2D eigenvalue weighted by molar-refractivity contribution is 6.10. The third-order valence-electron chi connectivity index (χ3n) is 6.47. The van der Waals surface area contributed by atoms with E-state index in [1.165, 1.54) is 25.5 Å². The highest BCUT2D eigenvalue weighted by atomic mass is 16.1. The van der Waals surface area contributed by atoms with Crippen LogP contribution in [0, 0.1) is 23.7 Å². The van der Waals surface area contributed by atoms with Crippen LogP contribution in [-0.4, -0.2) is 23.7 Å². The van der Waals surface area contributed by atoms with Gasteiger partial charge in [-0.2, -0.15) is 0 Å². The van der Waals surface area contributed by atoms with Gasteiger partial charge in [0.15, 0.2) is 0 Å². The molecular weight excluding hydrogens is 348 g/mol. The highest BCUT2D eigenvalue weighted by Gasteiger charge is 2.55. The lowest BCUT2D eigenvalue weighted by Gasteiger charge is -2.62. The molecule has 5 nitrogen and oxygen atoms in total. The molecule has 3 saturated carbocycles. The predicted octanol–water partition coefficient (Wildman–Crippen LogP) is 3.68. The Bertz CT molecular complexity index is 1010. The second kappa shape index (κ2) is 6.30. The fourth-order valence-electron chi connectivity index (χ4n) is 4.82. The minimum atomic E-state index is -0.0332. The van der Waals surface area contributed by atoms with E-state index in [1.807, 2.05) is 43.5 Å². The number of hydrogen-bond acceptors (Lipinski definition) is 4. The third kappa shape index (κ3) is 2.73. The Kier molecular flexibility index (Phi) is 3.86. The van der Waals surface area contributed by atoms with Crippen molar-refractivity contribution in [2.75, 3.05) is 6.54 Å². The lowest BCUT2D eigenvalue weighted by molar-refractivity contribution is -0.100. The monoisotopic (exact) mass is 372 g/mol. The number of benzene rings is 1. The van der Waals surface area contributed by atoms with Crippen molar-refractivity contribution >= 4 is 17.7 Å². The molecule has 2 aromatic rings. The van der Waals surface area contributed by atoms with Crippen molar-refractivity contribution in [2.24, 2.45) is 11.3 Å². The first-order valence-corrected chi connectivity index (χ1v) is 9.90. The molecule has 3 fully saturated rings. The van der Waals surface area contributed by atoms with E-state index in [0.717, 1.165) is 46.1 Å². The molecule has 28 heavy (non-hydrogen) atoms. The normalized spacial score (nSPS) is 24.7. The maximum atomic E-state index is 12.1. The van der Waals surface area contributed by atoms with Crippen molar-refractivity contribution in [3.8, 4) is 11.3 Å². The van der Waals surface area contributed by atoms with Crippen LogP contribution >= 0.6 is 0 Å². The van der Waals surface area contributed by atoms with Gasteiger partial charge in [-0.15, -0.1) is 0 Å². The van der Waals surface area contributed by atoms with E-state index >= 15 is 0 Å². The van der Waals surface area contributed by atoms with Gasteiger partial charge >= 0.3 is 0 Å². The van der Waals surface area contributed by atoms with Crippen molar-refractivity contribution in [2.45, 2.75) is 32.7 Å². The number of nitrogens with one attached hydrogen (secondary N) is 3. The molecule has 1 aromatic carbocycles. The molecule has 0 saturated heterocycles. The van der Waals surface area contributed by atoms with Gasteiger partial charge in [0.05, 0.1) is 5.69 Å². The van der Waals surface area contributed by atoms with Crippen molar-refractivity contribution in [3.63, 3.8) is 0 Å². The molecule has 0 spiro atoms. The molecule has 4 aliphatic rings. The van der Waals surface area contributed by atoms with E-state index in [1.54, 1.807) is 0 Å². The average Bonchev–Trinajstić information content (AvgIpc) is 3.00. The first kappa shape index (κ1) is 17.2. The molecular formula is C23H24N4O. The Morgan fingerprint density at radius 1 is 1.32 bits per heavy atom. The van der Waals surface area contributed by atoms with E-state index in [2.05, 4.69) is 10.6 Å². The predicted molar refractivity (Wildman–Crippen MR) is 110 cm³/mol. The number of hydrogen-bond donors (Lipinski definition) is 3. The molecule has 1 aliphatic heterocycles. The molecule has 0 unspecified atom stereocenters. The third-order valence-corrected chi connectivity index (χ3v) is 6.47. The summed E-state index contributed by atoms with van der Waals surface area (Å²) in [5, 5.41) is 14.3. The Morgan fingerprint density at radius 3 is 2.86 bits per heavy atom. The summed E-state index contributed by atoms with van der Waals surface area (Å²) in [5.41, 5.74) is 6.58. The number of pyridine rings is 1. The summed E-state index contributed by atoms with van der Waals surface area (Å²) in [5.74, 6) is 0.937. The van der Waals surface area contributed by atoms with Crippen molar-refractivity contribution in [1.82, 2.24) is 15.6 Å². The maximum absolute atomic E-state index is 12.1. The van der Waals surface area contributed by atoms with E-state index in [4.69, 9.17) is 10.4 Å². The van der Waals surface area contributed by atoms with E-state index < -0.39 is 0 Å². The van der Waals surface area contributed by atoms with E-state index in [9.17, 15) is 4.79 Å². The minimum Gasteiger partial charge on any atom is -0.390 e. The Morgan fingerprint density at radius 2 is 2.14 bits per heavy atom. The molecule has 3 aliphatic carbocycles. The van der Waals surface area contributed by atoms with E-state index in [-0.39, 0.29) is 5.91 Å². The number of allylic oxidation sites excluding steroid dienone is 1. The van der Waals surface area contributed by atoms with Gasteiger partial charge in [-0.05, 0) is 55.2 Å². The Hall–Kier alpha value is -2.95. The SMILES string of the molecule is Cc1ccc(/C(C=N)=C/NCC23CC(C2)C3)c(-c2ccc3c(c2)C(=O)NC3)n1. The van der Waals surface area contributed by atoms with Gasteiger partial charge in [0.25, 0.3) is 5.91 Å². The second-order valence-corrected chi connectivity index (χ2v) is 8.51. The number of amides is 1. The van der Waals surface area contributed by atoms with Gasteiger partial charge < -0.3 is 16.0 Å². The number of nitrogens with zero attached hydrogens (tertiary/aromatic N) is 1. The van der Waals surface area contributed by atoms with Crippen molar-refractivity contribution < 1.29 is 4.79 Å². The summed E-state index contributed by atoms with van der Waals surface area (Å²) in [6.45, 7) is 3.53. The molecule has 0 atom stereocenters. The number of aryl methyl sites for hydroxylation is 1. The quantitative estimate of drug-likeness (QED) is 0.677. The molecule has 6 rings (SSSR count). The first-order chi connectivity index (χ1) is 13.6. The lowest BCUT2D eigenvalue weighted by atomic mass is 9.44. The smallest absolute Gasteiger partial charge is 0.251 e. The van der Waals surface area contributed by atoms with Gasteiger partial charge in [-0.1, -0.05) is 18.2 Å². The minimum absolute atomic E-state index is 0.0332. The topological polar surface area (TPSA) is 77.9 Å². The molecule has 1 aromatic heterocycles. The molecule has 2 bridgehead atoms. The van der Waals surface area contributed by atoms with Crippen LogP contribution in [-0.2, 0) is 6.54 Å². The van der Waals surface area contributed by atoms with Gasteiger partial charge in [0.2, 0.25) is 0 Å². The molecule has 5 heteroatoms. The summed E-state index contributed by atoms with van der Waals surface area (Å²) in [7, 11) is 0. The number of carbonyl (C=O) groups excluding carboxylic acids is 1. The maximum Gasteiger partial charge on any atom is 0.251 e. The van der Waals surface area contributed by atoms with Crippen LogP contribution in [0.1, 0.15) is 46.4 Å². The molecule has 142 valence electrons. The summed E-state index contributed by atoms with van der Waals surface area (Å²) < 4.78 is 0. The number of carbonyl (C=O) groups is 1. The summed E-state index contributed by atoms with van der Waals surface area (Å²) in [6.07, 6.45) is 7.38. The zero-order valence-electron chi connectivity index (χ0n) is 16.0. The zero-order chi connectivity index (χ0) is 19.3. The van der Waals surface area contributed by atoms with Crippen LogP contribution in [0.25, 0.3) is 16.8 Å². The Balaban J connectivity index is 1.48. The lowest BCUT2D eigenvalue weighted by Crippen LogP contribution is -2.56.